The molecule has 2 aliphatic carbocycles. The number of hydrogen-bond acceptors (Lipinski definition) is 8. The zero-order valence-corrected chi connectivity index (χ0v) is 23.6. The van der Waals surface area contributed by atoms with E-state index in [1.165, 1.54) is 12.1 Å². The van der Waals surface area contributed by atoms with Crippen molar-refractivity contribution in [1.82, 2.24) is 13.7 Å². The van der Waals surface area contributed by atoms with E-state index in [-0.39, 0.29) is 16.7 Å². The van der Waals surface area contributed by atoms with E-state index < -0.39 is 0 Å². The molecule has 5 aromatic carbocycles. The molecule has 0 saturated heterocycles. The second-order valence-electron chi connectivity index (χ2n) is 10.6. The maximum atomic E-state index is 10.1. The lowest BCUT2D eigenvalue weighted by molar-refractivity contribution is 1.08. The first kappa shape index (κ1) is 25.3. The molecular weight excluding hydrogens is 563 g/mol. The Hall–Kier alpha value is -6.45. The molecule has 200 valence electrons. The van der Waals surface area contributed by atoms with E-state index in [9.17, 15) is 21.0 Å². The highest BCUT2D eigenvalue weighted by molar-refractivity contribution is 7.00. The average molecular weight is 578 g/mol. The Balaban J connectivity index is 1.39. The summed E-state index contributed by atoms with van der Waals surface area (Å²) in [6, 6.07) is 33.4. The molecule has 0 atom stereocenters. The third-order valence-electron chi connectivity index (χ3n) is 8.22. The Labute approximate surface area is 255 Å². The summed E-state index contributed by atoms with van der Waals surface area (Å²) >= 11 is 1.15. The molecule has 2 aliphatic rings. The Morgan fingerprint density at radius 2 is 1.30 bits per heavy atom. The van der Waals surface area contributed by atoms with E-state index in [2.05, 4.69) is 30.3 Å². The molecule has 0 fully saturated rings. The number of rotatable bonds is 3. The Morgan fingerprint density at radius 3 is 2.00 bits per heavy atom. The fraction of sp³-hybridized carbons (Fsp3) is 0.0278. The standard InChI is InChI=1S/C36H15N7S/c37-15-20-12-24(16-38)31(25(13-20)17-39)22-7-5-21(6-8-22)28-14-29-33(36-35(28)42-44-43-36)27-3-1-2-4-30(27)41-34(29)32-23-9-19(10-23)11-26(32)18-40/h1-9,11-14H,10H2. The molecule has 8 heteroatoms. The molecule has 7 nitrogen and oxygen atoms in total. The van der Waals surface area contributed by atoms with Crippen LogP contribution in [-0.4, -0.2) is 13.7 Å². The topological polar surface area (TPSA) is 134 Å². The van der Waals surface area contributed by atoms with Crippen LogP contribution >= 0.6 is 11.7 Å². The van der Waals surface area contributed by atoms with Gasteiger partial charge in [-0.05, 0) is 59.0 Å². The molecule has 2 heterocycles. The third-order valence-corrected chi connectivity index (χ3v) is 8.75. The summed E-state index contributed by atoms with van der Waals surface area (Å²) in [5, 5.41) is 41.8. The van der Waals surface area contributed by atoms with Gasteiger partial charge in [-0.2, -0.15) is 29.8 Å². The van der Waals surface area contributed by atoms with Crippen molar-refractivity contribution in [3.63, 3.8) is 0 Å². The smallest absolute Gasteiger partial charge is 0.114 e. The van der Waals surface area contributed by atoms with Crippen molar-refractivity contribution >= 4 is 44.4 Å². The van der Waals surface area contributed by atoms with Crippen molar-refractivity contribution in [2.75, 3.05) is 0 Å². The number of nitrogens with zero attached hydrogens (tertiary/aromatic N) is 7. The van der Waals surface area contributed by atoms with Gasteiger partial charge in [0.15, 0.2) is 0 Å². The van der Waals surface area contributed by atoms with Crippen LogP contribution in [-0.2, 0) is 6.42 Å². The number of nitriles is 4. The SMILES string of the molecule is N#Cc1cc(C#N)c(-c2ccc(-c3cc4c(-c5c(C#N)cc6cc5C6)nc5ccccc5c4c4nsnc34)cc2)c(C#N)c1. The highest BCUT2D eigenvalue weighted by atomic mass is 32.1. The number of para-hydroxylation sites is 1. The van der Waals surface area contributed by atoms with Gasteiger partial charge in [-0.3, -0.25) is 0 Å². The normalized spacial score (nSPS) is 11.5. The summed E-state index contributed by atoms with van der Waals surface area (Å²) in [7, 11) is 0. The monoisotopic (exact) mass is 577 g/mol. The molecule has 2 bridgehead atoms. The predicted molar refractivity (Wildman–Crippen MR) is 168 cm³/mol. The lowest BCUT2D eigenvalue weighted by atomic mass is 9.82. The van der Waals surface area contributed by atoms with Crippen LogP contribution in [0.4, 0.5) is 0 Å². The van der Waals surface area contributed by atoms with Crippen molar-refractivity contribution in [2.24, 2.45) is 0 Å². The van der Waals surface area contributed by atoms with Gasteiger partial charge >= 0.3 is 0 Å². The zero-order valence-electron chi connectivity index (χ0n) is 22.8. The number of hydrogen-bond donors (Lipinski definition) is 0. The first-order chi connectivity index (χ1) is 21.6. The van der Waals surface area contributed by atoms with Crippen molar-refractivity contribution in [3.8, 4) is 57.8 Å². The fourth-order valence-corrected chi connectivity index (χ4v) is 6.82. The van der Waals surface area contributed by atoms with Crippen LogP contribution in [0.2, 0.25) is 0 Å². The molecule has 7 aromatic rings. The second kappa shape index (κ2) is 9.55. The van der Waals surface area contributed by atoms with Crippen LogP contribution < -0.4 is 0 Å². The van der Waals surface area contributed by atoms with E-state index in [1.807, 2.05) is 60.7 Å². The van der Waals surface area contributed by atoms with Crippen molar-refractivity contribution in [3.05, 3.63) is 112 Å². The van der Waals surface area contributed by atoms with E-state index >= 15 is 0 Å². The summed E-state index contributed by atoms with van der Waals surface area (Å²) in [4.78, 5) is 5.12. The first-order valence-corrected chi connectivity index (χ1v) is 14.4. The predicted octanol–water partition coefficient (Wildman–Crippen LogP) is 7.78. The van der Waals surface area contributed by atoms with Gasteiger partial charge in [0, 0.05) is 32.8 Å². The highest BCUT2D eigenvalue weighted by Crippen LogP contribution is 2.44. The average Bonchev–Trinajstić information content (AvgIpc) is 3.56. The van der Waals surface area contributed by atoms with Crippen LogP contribution in [0.1, 0.15) is 33.4 Å². The zero-order chi connectivity index (χ0) is 29.9. The molecule has 0 spiro atoms. The van der Waals surface area contributed by atoms with Gasteiger partial charge in [0.1, 0.15) is 11.0 Å². The highest BCUT2D eigenvalue weighted by Gasteiger charge is 2.25. The Bertz CT molecular complexity index is 2530. The first-order valence-electron chi connectivity index (χ1n) is 13.6. The van der Waals surface area contributed by atoms with Crippen molar-refractivity contribution in [1.29, 1.82) is 21.0 Å². The van der Waals surface area contributed by atoms with E-state index in [1.54, 1.807) is 0 Å². The van der Waals surface area contributed by atoms with Gasteiger partial charge in [-0.15, -0.1) is 0 Å². The molecule has 0 N–H and O–H groups in total. The number of fused-ring (bicyclic) bond motifs is 7. The minimum Gasteiger partial charge on any atom is -0.247 e. The number of benzene rings is 5. The Morgan fingerprint density at radius 1 is 0.636 bits per heavy atom. The molecule has 0 radical (unpaired) electrons. The molecule has 0 unspecified atom stereocenters. The molecular formula is C36H15N7S. The second-order valence-corrected chi connectivity index (χ2v) is 11.1. The summed E-state index contributed by atoms with van der Waals surface area (Å²) in [6.45, 7) is 0. The minimum atomic E-state index is 0.266. The molecule has 0 saturated carbocycles. The van der Waals surface area contributed by atoms with Crippen molar-refractivity contribution in [2.45, 2.75) is 6.42 Å². The van der Waals surface area contributed by atoms with Gasteiger partial charge in [-0.1, -0.05) is 48.5 Å². The van der Waals surface area contributed by atoms with Crippen LogP contribution in [0, 0.1) is 45.3 Å². The van der Waals surface area contributed by atoms with Gasteiger partial charge in [-0.25, -0.2) is 4.98 Å². The Kier molecular flexibility index (Phi) is 5.49. The van der Waals surface area contributed by atoms with Gasteiger partial charge < -0.3 is 0 Å². The summed E-state index contributed by atoms with van der Waals surface area (Å²) in [6.07, 6.45) is 0.816. The maximum Gasteiger partial charge on any atom is 0.114 e. The lowest BCUT2D eigenvalue weighted by Crippen LogP contribution is -2.07. The third kappa shape index (κ3) is 3.60. The lowest BCUT2D eigenvalue weighted by Gasteiger charge is -2.22. The summed E-state index contributed by atoms with van der Waals surface area (Å²) in [5.74, 6) is 0. The summed E-state index contributed by atoms with van der Waals surface area (Å²) in [5.41, 5.74) is 10.6. The minimum absolute atomic E-state index is 0.266. The van der Waals surface area contributed by atoms with Crippen LogP contribution in [0.15, 0.2) is 78.9 Å². The fourth-order valence-electron chi connectivity index (χ4n) is 6.25. The summed E-state index contributed by atoms with van der Waals surface area (Å²) < 4.78 is 9.47. The van der Waals surface area contributed by atoms with E-state index in [0.717, 1.165) is 84.4 Å². The van der Waals surface area contributed by atoms with Crippen molar-refractivity contribution < 1.29 is 0 Å². The number of aromatic nitrogens is 3. The quantitative estimate of drug-likeness (QED) is 0.196. The largest absolute Gasteiger partial charge is 0.247 e. The van der Waals surface area contributed by atoms with Gasteiger partial charge in [0.25, 0.3) is 0 Å². The molecule has 44 heavy (non-hydrogen) atoms. The van der Waals surface area contributed by atoms with E-state index in [0.29, 0.717) is 16.7 Å². The van der Waals surface area contributed by atoms with Crippen LogP contribution in [0.5, 0.6) is 0 Å². The van der Waals surface area contributed by atoms with Crippen LogP contribution in [0.25, 0.3) is 66.2 Å². The van der Waals surface area contributed by atoms with Crippen LogP contribution in [0.3, 0.4) is 0 Å². The molecule has 9 rings (SSSR count). The number of pyridine rings is 1. The van der Waals surface area contributed by atoms with Gasteiger partial charge in [0.2, 0.25) is 0 Å². The maximum absolute atomic E-state index is 10.1. The van der Waals surface area contributed by atoms with Gasteiger partial charge in [0.05, 0.1) is 69.5 Å². The molecule has 0 amide bonds. The molecule has 2 aromatic heterocycles. The van der Waals surface area contributed by atoms with E-state index in [4.69, 9.17) is 13.7 Å². The molecule has 0 aliphatic heterocycles.